The Balaban J connectivity index is 1.28. The fourth-order valence-corrected chi connectivity index (χ4v) is 6.05. The molecule has 2 aromatic carbocycles. The molecule has 13 heteroatoms. The lowest BCUT2D eigenvalue weighted by Gasteiger charge is -2.40. The summed E-state index contributed by atoms with van der Waals surface area (Å²) in [4.78, 5) is 33.6. The van der Waals surface area contributed by atoms with Crippen LogP contribution in [0.25, 0.3) is 17.0 Å². The van der Waals surface area contributed by atoms with Gasteiger partial charge in [0.05, 0.1) is 28.7 Å². The average molecular weight is 620 g/mol. The van der Waals surface area contributed by atoms with Crippen LogP contribution in [0.15, 0.2) is 52.5 Å². The van der Waals surface area contributed by atoms with Crippen LogP contribution < -0.4 is 0 Å². The van der Waals surface area contributed by atoms with Crippen LogP contribution in [0.2, 0.25) is 5.02 Å². The molecule has 1 fully saturated rings. The third-order valence-corrected chi connectivity index (χ3v) is 8.05. The number of ether oxygens (including phenoxy) is 1. The van der Waals surface area contributed by atoms with Gasteiger partial charge in [-0.2, -0.15) is 23.3 Å². The Morgan fingerprint density at radius 1 is 1.17 bits per heavy atom. The zero-order chi connectivity index (χ0) is 30.4. The first-order valence-corrected chi connectivity index (χ1v) is 14.5. The molecular formula is C29H29ClF3N5O3S. The Morgan fingerprint density at radius 3 is 2.62 bits per heavy atom. The molecule has 3 aromatic rings. The van der Waals surface area contributed by atoms with E-state index in [2.05, 4.69) is 10.1 Å². The summed E-state index contributed by atoms with van der Waals surface area (Å²) in [6, 6.07) is 9.01. The monoisotopic (exact) mass is 619 g/mol. The summed E-state index contributed by atoms with van der Waals surface area (Å²) in [5.41, 5.74) is 0.0678. The molecule has 0 saturated carbocycles. The second-order valence-corrected chi connectivity index (χ2v) is 12.6. The second-order valence-electron chi connectivity index (χ2n) is 11.2. The topological polar surface area (TPSA) is 80.0 Å². The molecule has 0 bridgehead atoms. The largest absolute Gasteiger partial charge is 0.444 e. The molecule has 222 valence electrons. The van der Waals surface area contributed by atoms with Crippen LogP contribution in [0.1, 0.15) is 44.4 Å². The molecule has 2 amide bonds. The van der Waals surface area contributed by atoms with Gasteiger partial charge in [0, 0.05) is 36.1 Å². The van der Waals surface area contributed by atoms with E-state index in [9.17, 15) is 22.8 Å². The van der Waals surface area contributed by atoms with Crippen molar-refractivity contribution in [3.05, 3.63) is 69.2 Å². The Morgan fingerprint density at radius 2 is 1.93 bits per heavy atom. The number of benzene rings is 2. The van der Waals surface area contributed by atoms with Gasteiger partial charge in [-0.25, -0.2) is 4.79 Å². The van der Waals surface area contributed by atoms with E-state index in [-0.39, 0.29) is 35.2 Å². The van der Waals surface area contributed by atoms with Crippen molar-refractivity contribution >= 4 is 57.5 Å². The Labute approximate surface area is 250 Å². The van der Waals surface area contributed by atoms with Gasteiger partial charge in [0.1, 0.15) is 5.60 Å². The number of amidine groups is 1. The fraction of sp³-hybridized carbons (Fsp3) is 0.379. The van der Waals surface area contributed by atoms with Crippen molar-refractivity contribution in [1.82, 2.24) is 19.6 Å². The van der Waals surface area contributed by atoms with Crippen LogP contribution in [-0.4, -0.2) is 68.0 Å². The van der Waals surface area contributed by atoms with Gasteiger partial charge in [-0.15, -0.1) is 0 Å². The lowest BCUT2D eigenvalue weighted by atomic mass is 10.1. The van der Waals surface area contributed by atoms with Crippen molar-refractivity contribution in [3.8, 4) is 0 Å². The highest BCUT2D eigenvalue weighted by Crippen LogP contribution is 2.35. The number of carbonyl (C=O) groups excluding carboxylic acids is 2. The van der Waals surface area contributed by atoms with E-state index < -0.39 is 17.3 Å². The standard InChI is InChI=1S/C29H29ClF3N5O3S/c1-17-15-36(27(40)41-28(2,3)4)9-10-37(17)26-35-25(39)24(42-26)12-18-5-8-23-20(11-18)14-34-38(23)16-19-6-7-21(30)13-22(19)29(31,32)33/h5-8,11-14,17H,9-10,15-16H2,1-4H3. The maximum atomic E-state index is 13.6. The van der Waals surface area contributed by atoms with Crippen molar-refractivity contribution in [2.24, 2.45) is 4.99 Å². The minimum atomic E-state index is -4.54. The third-order valence-electron chi connectivity index (χ3n) is 6.80. The van der Waals surface area contributed by atoms with Gasteiger partial charge in [0.15, 0.2) is 5.17 Å². The van der Waals surface area contributed by atoms with E-state index in [1.54, 1.807) is 29.3 Å². The normalized spacial score (nSPS) is 19.1. The minimum Gasteiger partial charge on any atom is -0.444 e. The number of amides is 2. The van der Waals surface area contributed by atoms with Gasteiger partial charge in [0.25, 0.3) is 5.91 Å². The predicted octanol–water partition coefficient (Wildman–Crippen LogP) is 6.67. The number of hydrogen-bond donors (Lipinski definition) is 0. The number of fused-ring (bicyclic) bond motifs is 1. The molecule has 1 unspecified atom stereocenters. The molecule has 1 saturated heterocycles. The number of carbonyl (C=O) groups is 2. The number of halogens is 4. The van der Waals surface area contributed by atoms with E-state index in [4.69, 9.17) is 16.3 Å². The van der Waals surface area contributed by atoms with Gasteiger partial charge in [0.2, 0.25) is 0 Å². The first-order valence-electron chi connectivity index (χ1n) is 13.3. The lowest BCUT2D eigenvalue weighted by Crippen LogP contribution is -2.55. The van der Waals surface area contributed by atoms with Gasteiger partial charge < -0.3 is 14.5 Å². The smallest absolute Gasteiger partial charge is 0.416 e. The number of aromatic nitrogens is 2. The number of hydrogen-bond acceptors (Lipinski definition) is 6. The third kappa shape index (κ3) is 6.59. The van der Waals surface area contributed by atoms with E-state index >= 15 is 0 Å². The van der Waals surface area contributed by atoms with Crippen molar-refractivity contribution < 1.29 is 27.5 Å². The minimum absolute atomic E-state index is 0.0121. The van der Waals surface area contributed by atoms with Crippen molar-refractivity contribution in [3.63, 3.8) is 0 Å². The molecule has 0 radical (unpaired) electrons. The molecule has 0 aliphatic carbocycles. The van der Waals surface area contributed by atoms with Crippen LogP contribution in [-0.2, 0) is 22.3 Å². The van der Waals surface area contributed by atoms with Crippen molar-refractivity contribution in [2.75, 3.05) is 19.6 Å². The van der Waals surface area contributed by atoms with Gasteiger partial charge >= 0.3 is 12.3 Å². The zero-order valence-electron chi connectivity index (χ0n) is 23.4. The Bertz CT molecular complexity index is 1610. The number of nitrogens with zero attached hydrogens (tertiary/aromatic N) is 5. The highest BCUT2D eigenvalue weighted by molar-refractivity contribution is 8.18. The number of aliphatic imine (C=N–C) groups is 1. The molecule has 42 heavy (non-hydrogen) atoms. The van der Waals surface area contributed by atoms with Crippen LogP contribution in [0.3, 0.4) is 0 Å². The van der Waals surface area contributed by atoms with E-state index in [1.165, 1.54) is 28.6 Å². The van der Waals surface area contributed by atoms with Gasteiger partial charge in [-0.05, 0) is 80.9 Å². The van der Waals surface area contributed by atoms with Crippen molar-refractivity contribution in [1.29, 1.82) is 0 Å². The van der Waals surface area contributed by atoms with Gasteiger partial charge in [-0.3, -0.25) is 9.48 Å². The highest BCUT2D eigenvalue weighted by Gasteiger charge is 2.35. The summed E-state index contributed by atoms with van der Waals surface area (Å²) in [5, 5.41) is 5.61. The number of rotatable bonds is 3. The second kappa shape index (κ2) is 11.3. The average Bonchev–Trinajstić information content (AvgIpc) is 3.46. The van der Waals surface area contributed by atoms with E-state index in [0.29, 0.717) is 35.2 Å². The van der Waals surface area contributed by atoms with Crippen molar-refractivity contribution in [2.45, 2.75) is 52.1 Å². The molecule has 5 rings (SSSR count). The quantitative estimate of drug-likeness (QED) is 0.305. The Kier molecular flexibility index (Phi) is 8.06. The fourth-order valence-electron chi connectivity index (χ4n) is 4.84. The van der Waals surface area contributed by atoms with Crippen LogP contribution in [0.5, 0.6) is 0 Å². The first kappa shape index (κ1) is 30.0. The maximum Gasteiger partial charge on any atom is 0.416 e. The summed E-state index contributed by atoms with van der Waals surface area (Å²) in [5.74, 6) is -0.352. The molecule has 1 atom stereocenters. The summed E-state index contributed by atoms with van der Waals surface area (Å²) in [6.07, 6.45) is -1.58. The van der Waals surface area contributed by atoms with Gasteiger partial charge in [-0.1, -0.05) is 23.7 Å². The molecule has 2 aliphatic heterocycles. The maximum absolute atomic E-state index is 13.6. The zero-order valence-corrected chi connectivity index (χ0v) is 25.0. The molecule has 3 heterocycles. The lowest BCUT2D eigenvalue weighted by molar-refractivity contribution is -0.138. The molecule has 8 nitrogen and oxygen atoms in total. The van der Waals surface area contributed by atoms with E-state index in [0.717, 1.165) is 17.0 Å². The van der Waals surface area contributed by atoms with Crippen LogP contribution >= 0.6 is 23.4 Å². The summed E-state index contributed by atoms with van der Waals surface area (Å²) < 4.78 is 47.7. The molecule has 0 N–H and O–H groups in total. The number of alkyl halides is 3. The highest BCUT2D eigenvalue weighted by atomic mass is 35.5. The predicted molar refractivity (Wildman–Crippen MR) is 157 cm³/mol. The summed E-state index contributed by atoms with van der Waals surface area (Å²) >= 11 is 7.09. The molecule has 1 aromatic heterocycles. The molecule has 0 spiro atoms. The Hall–Kier alpha value is -3.51. The number of piperazine rings is 1. The van der Waals surface area contributed by atoms with E-state index in [1.807, 2.05) is 38.7 Å². The SMILES string of the molecule is CC1CN(C(=O)OC(C)(C)C)CCN1C1=NC(=O)C(=Cc2ccc3c(cnn3Cc3ccc(Cl)cc3C(F)(F)F)c2)S1. The first-order chi connectivity index (χ1) is 19.7. The summed E-state index contributed by atoms with van der Waals surface area (Å²) in [6.45, 7) is 8.78. The number of thioether (sulfide) groups is 1. The van der Waals surface area contributed by atoms with Crippen LogP contribution in [0.4, 0.5) is 18.0 Å². The van der Waals surface area contributed by atoms with Crippen LogP contribution in [0, 0.1) is 0 Å². The summed E-state index contributed by atoms with van der Waals surface area (Å²) in [7, 11) is 0. The molecular weight excluding hydrogens is 591 g/mol. The molecule has 2 aliphatic rings.